The van der Waals surface area contributed by atoms with Crippen molar-refractivity contribution in [3.63, 3.8) is 0 Å². The summed E-state index contributed by atoms with van der Waals surface area (Å²) in [5.74, 6) is 0.848. The van der Waals surface area contributed by atoms with Gasteiger partial charge in [0.2, 0.25) is 0 Å². The molecule has 1 N–H and O–H groups in total. The Kier molecular flexibility index (Phi) is 7.58. The van der Waals surface area contributed by atoms with Crippen molar-refractivity contribution in [3.05, 3.63) is 11.9 Å². The number of hydrogen-bond donors (Lipinski definition) is 1. The summed E-state index contributed by atoms with van der Waals surface area (Å²) in [4.78, 5) is 2.15. The van der Waals surface area contributed by atoms with Gasteiger partial charge in [-0.15, -0.1) is 0 Å². The lowest BCUT2D eigenvalue weighted by Crippen LogP contribution is -2.25. The molecule has 1 unspecified atom stereocenters. The van der Waals surface area contributed by atoms with E-state index in [1.54, 1.807) is 20.4 Å². The van der Waals surface area contributed by atoms with Crippen LogP contribution in [0.2, 0.25) is 0 Å². The van der Waals surface area contributed by atoms with Gasteiger partial charge in [0.05, 0.1) is 31.6 Å². The molecule has 6 nitrogen and oxygen atoms in total. The van der Waals surface area contributed by atoms with E-state index >= 15 is 0 Å². The summed E-state index contributed by atoms with van der Waals surface area (Å²) in [7, 11) is 9.53. The highest BCUT2D eigenvalue weighted by Crippen LogP contribution is 2.27. The topological polar surface area (TPSA) is 51.5 Å². The Morgan fingerprint density at radius 3 is 2.70 bits per heavy atom. The Labute approximate surface area is 122 Å². The molecule has 1 aromatic heterocycles. The molecule has 0 aliphatic rings. The second kappa shape index (κ2) is 8.94. The van der Waals surface area contributed by atoms with Gasteiger partial charge in [-0.2, -0.15) is 5.10 Å². The van der Waals surface area contributed by atoms with Crippen molar-refractivity contribution in [2.75, 3.05) is 48.5 Å². The maximum Gasteiger partial charge on any atom is 0.161 e. The van der Waals surface area contributed by atoms with Crippen LogP contribution < -0.4 is 10.1 Å². The van der Waals surface area contributed by atoms with E-state index in [1.807, 2.05) is 11.7 Å². The molecule has 0 aliphatic carbocycles. The van der Waals surface area contributed by atoms with Crippen molar-refractivity contribution in [2.45, 2.75) is 25.4 Å². The number of nitrogens with one attached hydrogen (secondary N) is 1. The molecule has 1 aromatic rings. The molecule has 0 saturated heterocycles. The van der Waals surface area contributed by atoms with Gasteiger partial charge in [-0.25, -0.2) is 0 Å². The second-order valence-electron chi connectivity index (χ2n) is 5.10. The number of hydrogen-bond acceptors (Lipinski definition) is 5. The van der Waals surface area contributed by atoms with Gasteiger partial charge in [0.15, 0.2) is 5.75 Å². The van der Waals surface area contributed by atoms with Crippen LogP contribution in [0.4, 0.5) is 0 Å². The quantitative estimate of drug-likeness (QED) is 0.653. The SMILES string of the molecule is CNC(CCCOC)c1c(OC)cnn1CCN(C)C. The van der Waals surface area contributed by atoms with Crippen LogP contribution in [0.15, 0.2) is 6.20 Å². The van der Waals surface area contributed by atoms with Crippen LogP contribution in [0, 0.1) is 0 Å². The summed E-state index contributed by atoms with van der Waals surface area (Å²) in [5.41, 5.74) is 1.12. The number of likely N-dealkylation sites (N-methyl/N-ethyl adjacent to an activating group) is 1. The molecule has 6 heteroatoms. The van der Waals surface area contributed by atoms with Gasteiger partial charge in [0.1, 0.15) is 0 Å². The van der Waals surface area contributed by atoms with E-state index in [2.05, 4.69) is 29.4 Å². The number of aromatic nitrogens is 2. The van der Waals surface area contributed by atoms with E-state index in [0.717, 1.165) is 44.0 Å². The molecule has 0 fully saturated rings. The van der Waals surface area contributed by atoms with Crippen LogP contribution in [0.1, 0.15) is 24.6 Å². The van der Waals surface area contributed by atoms with E-state index < -0.39 is 0 Å². The number of ether oxygens (including phenoxy) is 2. The lowest BCUT2D eigenvalue weighted by Gasteiger charge is -2.20. The van der Waals surface area contributed by atoms with Crippen LogP contribution in [-0.4, -0.2) is 63.2 Å². The highest BCUT2D eigenvalue weighted by atomic mass is 16.5. The van der Waals surface area contributed by atoms with Crippen molar-refractivity contribution >= 4 is 0 Å². The van der Waals surface area contributed by atoms with Gasteiger partial charge >= 0.3 is 0 Å². The molecular weight excluding hydrogens is 256 g/mol. The number of rotatable bonds is 10. The average molecular weight is 284 g/mol. The van der Waals surface area contributed by atoms with Crippen molar-refractivity contribution < 1.29 is 9.47 Å². The average Bonchev–Trinajstić information content (AvgIpc) is 2.84. The van der Waals surface area contributed by atoms with Crippen molar-refractivity contribution in [1.82, 2.24) is 20.0 Å². The van der Waals surface area contributed by atoms with E-state index in [1.165, 1.54) is 0 Å². The molecule has 0 saturated carbocycles. The smallest absolute Gasteiger partial charge is 0.161 e. The predicted octanol–water partition coefficient (Wildman–Crippen LogP) is 1.14. The third-order valence-electron chi connectivity index (χ3n) is 3.34. The Morgan fingerprint density at radius 1 is 1.40 bits per heavy atom. The Bertz CT molecular complexity index is 379. The minimum absolute atomic E-state index is 0.227. The van der Waals surface area contributed by atoms with Crippen molar-refractivity contribution in [2.24, 2.45) is 0 Å². The Balaban J connectivity index is 2.83. The minimum atomic E-state index is 0.227. The highest BCUT2D eigenvalue weighted by Gasteiger charge is 2.20. The molecule has 0 radical (unpaired) electrons. The summed E-state index contributed by atoms with van der Waals surface area (Å²) < 4.78 is 12.6. The van der Waals surface area contributed by atoms with Gasteiger partial charge in [-0.05, 0) is 34.0 Å². The lowest BCUT2D eigenvalue weighted by molar-refractivity contribution is 0.188. The first-order valence-electron chi connectivity index (χ1n) is 7.04. The zero-order valence-electron chi connectivity index (χ0n) is 13.3. The molecule has 0 aliphatic heterocycles. The molecule has 0 amide bonds. The molecule has 0 spiro atoms. The normalized spacial score (nSPS) is 12.9. The molecular formula is C14H28N4O2. The first-order valence-corrected chi connectivity index (χ1v) is 7.04. The third kappa shape index (κ3) is 4.77. The zero-order chi connectivity index (χ0) is 15.0. The van der Waals surface area contributed by atoms with Crippen LogP contribution in [0.5, 0.6) is 5.75 Å². The summed E-state index contributed by atoms with van der Waals surface area (Å²) >= 11 is 0. The molecule has 1 atom stereocenters. The van der Waals surface area contributed by atoms with Gasteiger partial charge in [-0.1, -0.05) is 0 Å². The third-order valence-corrected chi connectivity index (χ3v) is 3.34. The monoisotopic (exact) mass is 284 g/mol. The fourth-order valence-corrected chi connectivity index (χ4v) is 2.21. The molecule has 0 bridgehead atoms. The number of nitrogens with zero attached hydrogens (tertiary/aromatic N) is 3. The molecule has 116 valence electrons. The molecule has 1 heterocycles. The first-order chi connectivity index (χ1) is 9.63. The Hall–Kier alpha value is -1.11. The van der Waals surface area contributed by atoms with Crippen LogP contribution >= 0.6 is 0 Å². The maximum atomic E-state index is 5.45. The summed E-state index contributed by atoms with van der Waals surface area (Å²) in [5, 5.41) is 7.81. The lowest BCUT2D eigenvalue weighted by atomic mass is 10.1. The summed E-state index contributed by atoms with van der Waals surface area (Å²) in [6.07, 6.45) is 3.80. The van der Waals surface area contributed by atoms with E-state index in [4.69, 9.17) is 9.47 Å². The van der Waals surface area contributed by atoms with Gasteiger partial charge in [-0.3, -0.25) is 4.68 Å². The standard InChI is InChI=1S/C14H28N4O2/c1-15-12(7-6-10-19-4)14-13(20-5)11-16-18(14)9-8-17(2)3/h11-12,15H,6-10H2,1-5H3. The van der Waals surface area contributed by atoms with E-state index in [0.29, 0.717) is 0 Å². The minimum Gasteiger partial charge on any atom is -0.493 e. The van der Waals surface area contributed by atoms with Crippen molar-refractivity contribution in [1.29, 1.82) is 0 Å². The zero-order valence-corrected chi connectivity index (χ0v) is 13.3. The molecule has 20 heavy (non-hydrogen) atoms. The fourth-order valence-electron chi connectivity index (χ4n) is 2.21. The summed E-state index contributed by atoms with van der Waals surface area (Å²) in [6, 6.07) is 0.227. The van der Waals surface area contributed by atoms with Gasteiger partial charge in [0, 0.05) is 20.3 Å². The van der Waals surface area contributed by atoms with Gasteiger partial charge < -0.3 is 19.7 Å². The van der Waals surface area contributed by atoms with Crippen LogP contribution in [0.3, 0.4) is 0 Å². The fraction of sp³-hybridized carbons (Fsp3) is 0.786. The molecule has 1 rings (SSSR count). The Morgan fingerprint density at radius 2 is 2.15 bits per heavy atom. The predicted molar refractivity (Wildman–Crippen MR) is 80.2 cm³/mol. The highest BCUT2D eigenvalue weighted by molar-refractivity contribution is 5.28. The number of methoxy groups -OCH3 is 2. The maximum absolute atomic E-state index is 5.45. The van der Waals surface area contributed by atoms with Crippen molar-refractivity contribution in [3.8, 4) is 5.75 Å². The summed E-state index contributed by atoms with van der Waals surface area (Å²) in [6.45, 7) is 2.58. The molecule has 0 aromatic carbocycles. The van der Waals surface area contributed by atoms with E-state index in [-0.39, 0.29) is 6.04 Å². The van der Waals surface area contributed by atoms with Crippen LogP contribution in [-0.2, 0) is 11.3 Å². The van der Waals surface area contributed by atoms with Crippen LogP contribution in [0.25, 0.3) is 0 Å². The second-order valence-corrected chi connectivity index (χ2v) is 5.10. The van der Waals surface area contributed by atoms with E-state index in [9.17, 15) is 0 Å². The largest absolute Gasteiger partial charge is 0.493 e. The first kappa shape index (κ1) is 16.9. The van der Waals surface area contributed by atoms with Gasteiger partial charge in [0.25, 0.3) is 0 Å².